The van der Waals surface area contributed by atoms with E-state index in [2.05, 4.69) is 0 Å². The molecule has 3 heteroatoms. The van der Waals surface area contributed by atoms with Gasteiger partial charge in [-0.3, -0.25) is 4.79 Å². The van der Waals surface area contributed by atoms with Gasteiger partial charge in [0.25, 0.3) is 0 Å². The SMILES string of the molecule is CCC(C(=O)OC1CCCCC1)C(O)c1ccccc1. The van der Waals surface area contributed by atoms with Crippen LogP contribution in [0.15, 0.2) is 30.3 Å². The molecule has 0 aromatic heterocycles. The molecule has 1 fully saturated rings. The van der Waals surface area contributed by atoms with Crippen LogP contribution < -0.4 is 0 Å². The van der Waals surface area contributed by atoms with E-state index in [1.54, 1.807) is 0 Å². The van der Waals surface area contributed by atoms with Crippen molar-refractivity contribution in [2.45, 2.75) is 57.7 Å². The van der Waals surface area contributed by atoms with E-state index in [0.717, 1.165) is 31.2 Å². The first-order chi connectivity index (χ1) is 9.72. The average Bonchev–Trinajstić information content (AvgIpc) is 2.49. The lowest BCUT2D eigenvalue weighted by Crippen LogP contribution is -2.29. The lowest BCUT2D eigenvalue weighted by Gasteiger charge is -2.26. The molecule has 2 unspecified atom stereocenters. The average molecular weight is 276 g/mol. The number of esters is 1. The molecule has 2 atom stereocenters. The van der Waals surface area contributed by atoms with Gasteiger partial charge in [0.2, 0.25) is 0 Å². The molecule has 0 bridgehead atoms. The first-order valence-electron chi connectivity index (χ1n) is 7.66. The zero-order valence-corrected chi connectivity index (χ0v) is 12.1. The van der Waals surface area contributed by atoms with Crippen LogP contribution in [0.5, 0.6) is 0 Å². The van der Waals surface area contributed by atoms with Gasteiger partial charge in [0, 0.05) is 0 Å². The Morgan fingerprint density at radius 1 is 1.25 bits per heavy atom. The van der Waals surface area contributed by atoms with E-state index in [4.69, 9.17) is 4.74 Å². The molecule has 0 heterocycles. The minimum Gasteiger partial charge on any atom is -0.462 e. The third kappa shape index (κ3) is 3.83. The fraction of sp³-hybridized carbons (Fsp3) is 0.588. The number of ether oxygens (including phenoxy) is 1. The van der Waals surface area contributed by atoms with E-state index in [9.17, 15) is 9.90 Å². The Morgan fingerprint density at radius 3 is 2.50 bits per heavy atom. The predicted octanol–water partition coefficient (Wildman–Crippen LogP) is 3.62. The van der Waals surface area contributed by atoms with Gasteiger partial charge in [0.15, 0.2) is 0 Å². The van der Waals surface area contributed by atoms with Crippen molar-refractivity contribution in [1.29, 1.82) is 0 Å². The predicted molar refractivity (Wildman–Crippen MR) is 78.1 cm³/mol. The van der Waals surface area contributed by atoms with Crippen molar-refractivity contribution < 1.29 is 14.6 Å². The van der Waals surface area contributed by atoms with Gasteiger partial charge in [-0.05, 0) is 37.7 Å². The molecule has 1 saturated carbocycles. The molecule has 0 radical (unpaired) electrons. The van der Waals surface area contributed by atoms with Crippen LogP contribution in [0.2, 0.25) is 0 Å². The number of aliphatic hydroxyl groups excluding tert-OH is 1. The maximum Gasteiger partial charge on any atom is 0.312 e. The van der Waals surface area contributed by atoms with E-state index in [0.29, 0.717) is 6.42 Å². The maximum atomic E-state index is 12.3. The summed E-state index contributed by atoms with van der Waals surface area (Å²) in [6.45, 7) is 1.92. The number of hydrogen-bond acceptors (Lipinski definition) is 3. The van der Waals surface area contributed by atoms with Crippen molar-refractivity contribution in [3.63, 3.8) is 0 Å². The summed E-state index contributed by atoms with van der Waals surface area (Å²) in [5, 5.41) is 10.4. The highest BCUT2D eigenvalue weighted by Gasteiger charge is 2.30. The Labute approximate surface area is 121 Å². The quantitative estimate of drug-likeness (QED) is 0.835. The summed E-state index contributed by atoms with van der Waals surface area (Å²) >= 11 is 0. The van der Waals surface area contributed by atoms with Crippen LogP contribution in [-0.4, -0.2) is 17.2 Å². The van der Waals surface area contributed by atoms with Gasteiger partial charge in [-0.2, -0.15) is 0 Å². The van der Waals surface area contributed by atoms with Crippen LogP contribution in [0.4, 0.5) is 0 Å². The molecular weight excluding hydrogens is 252 g/mol. The van der Waals surface area contributed by atoms with Crippen LogP contribution in [0.3, 0.4) is 0 Å². The molecule has 20 heavy (non-hydrogen) atoms. The largest absolute Gasteiger partial charge is 0.462 e. The van der Waals surface area contributed by atoms with Gasteiger partial charge in [-0.1, -0.05) is 43.7 Å². The Kier molecular flexibility index (Phi) is 5.60. The molecule has 0 spiro atoms. The van der Waals surface area contributed by atoms with Gasteiger partial charge in [0.05, 0.1) is 12.0 Å². The van der Waals surface area contributed by atoms with Gasteiger partial charge in [0.1, 0.15) is 6.10 Å². The van der Waals surface area contributed by atoms with E-state index in [-0.39, 0.29) is 12.1 Å². The molecule has 1 aromatic rings. The third-order valence-electron chi connectivity index (χ3n) is 4.10. The Hall–Kier alpha value is -1.35. The fourth-order valence-corrected chi connectivity index (χ4v) is 2.84. The molecular formula is C17H24O3. The number of benzene rings is 1. The second-order valence-corrected chi connectivity index (χ2v) is 5.57. The molecule has 3 nitrogen and oxygen atoms in total. The fourth-order valence-electron chi connectivity index (χ4n) is 2.84. The number of rotatable bonds is 5. The van der Waals surface area contributed by atoms with Crippen molar-refractivity contribution in [3.05, 3.63) is 35.9 Å². The third-order valence-corrected chi connectivity index (χ3v) is 4.10. The molecule has 0 amide bonds. The van der Waals surface area contributed by atoms with Crippen molar-refractivity contribution in [3.8, 4) is 0 Å². The Balaban J connectivity index is 1.97. The van der Waals surface area contributed by atoms with Crippen LogP contribution in [0, 0.1) is 5.92 Å². The highest BCUT2D eigenvalue weighted by molar-refractivity contribution is 5.73. The molecule has 1 aliphatic carbocycles. The summed E-state index contributed by atoms with van der Waals surface area (Å²) in [4.78, 5) is 12.3. The zero-order chi connectivity index (χ0) is 14.4. The van der Waals surface area contributed by atoms with Crippen LogP contribution >= 0.6 is 0 Å². The van der Waals surface area contributed by atoms with Crippen LogP contribution in [-0.2, 0) is 9.53 Å². The number of aliphatic hydroxyl groups is 1. The normalized spacial score (nSPS) is 19.3. The molecule has 0 saturated heterocycles. The topological polar surface area (TPSA) is 46.5 Å². The van der Waals surface area contributed by atoms with Crippen molar-refractivity contribution in [1.82, 2.24) is 0 Å². The highest BCUT2D eigenvalue weighted by atomic mass is 16.5. The monoisotopic (exact) mass is 276 g/mol. The summed E-state index contributed by atoms with van der Waals surface area (Å²) < 4.78 is 5.59. The van der Waals surface area contributed by atoms with E-state index < -0.39 is 12.0 Å². The number of hydrogen-bond donors (Lipinski definition) is 1. The molecule has 0 aliphatic heterocycles. The molecule has 1 N–H and O–H groups in total. The second-order valence-electron chi connectivity index (χ2n) is 5.57. The summed E-state index contributed by atoms with van der Waals surface area (Å²) in [5.74, 6) is -0.727. The van der Waals surface area contributed by atoms with Crippen LogP contribution in [0.25, 0.3) is 0 Å². The maximum absolute atomic E-state index is 12.3. The van der Waals surface area contributed by atoms with Crippen molar-refractivity contribution in [2.24, 2.45) is 5.92 Å². The van der Waals surface area contributed by atoms with Crippen LogP contribution in [0.1, 0.15) is 57.1 Å². The highest BCUT2D eigenvalue weighted by Crippen LogP contribution is 2.28. The van der Waals surface area contributed by atoms with Gasteiger partial charge < -0.3 is 9.84 Å². The summed E-state index contributed by atoms with van der Waals surface area (Å²) in [6.07, 6.45) is 5.28. The summed E-state index contributed by atoms with van der Waals surface area (Å²) in [7, 11) is 0. The molecule has 2 rings (SSSR count). The molecule has 1 aliphatic rings. The number of carbonyl (C=O) groups excluding carboxylic acids is 1. The van der Waals surface area contributed by atoms with Gasteiger partial charge in [-0.15, -0.1) is 0 Å². The minimum absolute atomic E-state index is 0.0493. The summed E-state index contributed by atoms with van der Waals surface area (Å²) in [6, 6.07) is 9.34. The van der Waals surface area contributed by atoms with E-state index >= 15 is 0 Å². The van der Waals surface area contributed by atoms with E-state index in [1.165, 1.54) is 6.42 Å². The molecule has 1 aromatic carbocycles. The Bertz CT molecular complexity index is 410. The van der Waals surface area contributed by atoms with E-state index in [1.807, 2.05) is 37.3 Å². The summed E-state index contributed by atoms with van der Waals surface area (Å²) in [5.41, 5.74) is 0.778. The first kappa shape index (κ1) is 15.0. The van der Waals surface area contributed by atoms with Crippen molar-refractivity contribution >= 4 is 5.97 Å². The minimum atomic E-state index is -0.780. The van der Waals surface area contributed by atoms with Gasteiger partial charge in [-0.25, -0.2) is 0 Å². The molecule has 110 valence electrons. The lowest BCUT2D eigenvalue weighted by atomic mass is 9.93. The Morgan fingerprint density at radius 2 is 1.90 bits per heavy atom. The number of carbonyl (C=O) groups is 1. The first-order valence-corrected chi connectivity index (χ1v) is 7.66. The zero-order valence-electron chi connectivity index (χ0n) is 12.1. The standard InChI is InChI=1S/C17H24O3/c1-2-15(16(18)13-9-5-3-6-10-13)17(19)20-14-11-7-4-8-12-14/h3,5-6,9-10,14-16,18H,2,4,7-8,11-12H2,1H3. The second kappa shape index (κ2) is 7.44. The van der Waals surface area contributed by atoms with Crippen molar-refractivity contribution in [2.75, 3.05) is 0 Å². The lowest BCUT2D eigenvalue weighted by molar-refractivity contribution is -0.160. The van der Waals surface area contributed by atoms with Gasteiger partial charge >= 0.3 is 5.97 Å². The smallest absolute Gasteiger partial charge is 0.312 e.